The Morgan fingerprint density at radius 2 is 1.95 bits per heavy atom. The Kier molecular flexibility index (Phi) is 4.23. The number of nitrogens with one attached hydrogen (secondary N) is 1. The average molecular weight is 367 g/mol. The molecule has 2 aliphatic rings. The summed E-state index contributed by atoms with van der Waals surface area (Å²) in [7, 11) is 0. The van der Waals surface area contributed by atoms with Crippen molar-refractivity contribution in [1.82, 2.24) is 4.90 Å². The van der Waals surface area contributed by atoms with E-state index in [1.807, 2.05) is 25.1 Å². The lowest BCUT2D eigenvalue weighted by Gasteiger charge is -2.30. The summed E-state index contributed by atoms with van der Waals surface area (Å²) in [6, 6.07) is 5.65. The van der Waals surface area contributed by atoms with Gasteiger partial charge in [-0.3, -0.25) is 9.59 Å². The molecule has 2 amide bonds. The number of ether oxygens (including phenoxy) is 1. The minimum absolute atomic E-state index is 0.0560. The minimum atomic E-state index is -0.866. The van der Waals surface area contributed by atoms with E-state index in [0.717, 1.165) is 10.0 Å². The molecule has 1 aromatic carbocycles. The van der Waals surface area contributed by atoms with Crippen LogP contribution in [0.1, 0.15) is 18.4 Å². The van der Waals surface area contributed by atoms with Crippen LogP contribution in [-0.4, -0.2) is 43.0 Å². The van der Waals surface area contributed by atoms with Crippen LogP contribution in [0.15, 0.2) is 22.7 Å². The van der Waals surface area contributed by atoms with Crippen molar-refractivity contribution in [2.75, 3.05) is 31.6 Å². The van der Waals surface area contributed by atoms with Gasteiger partial charge in [-0.2, -0.15) is 0 Å². The number of amides is 2. The Labute approximate surface area is 138 Å². The molecule has 22 heavy (non-hydrogen) atoms. The zero-order chi connectivity index (χ0) is 15.7. The van der Waals surface area contributed by atoms with Gasteiger partial charge in [-0.05, 0) is 37.5 Å². The van der Waals surface area contributed by atoms with Crippen molar-refractivity contribution >= 4 is 33.4 Å². The van der Waals surface area contributed by atoms with Crippen LogP contribution in [0.25, 0.3) is 0 Å². The lowest BCUT2D eigenvalue weighted by Crippen LogP contribution is -2.47. The van der Waals surface area contributed by atoms with Crippen molar-refractivity contribution in [3.8, 4) is 0 Å². The highest BCUT2D eigenvalue weighted by Crippen LogP contribution is 2.48. The Balaban J connectivity index is 1.70. The summed E-state index contributed by atoms with van der Waals surface area (Å²) in [6.45, 7) is 4.23. The highest BCUT2D eigenvalue weighted by atomic mass is 79.9. The fourth-order valence-electron chi connectivity index (χ4n) is 2.65. The molecule has 1 N–H and O–H groups in total. The van der Waals surface area contributed by atoms with Gasteiger partial charge < -0.3 is 15.0 Å². The zero-order valence-corrected chi connectivity index (χ0v) is 14.1. The molecular weight excluding hydrogens is 348 g/mol. The lowest BCUT2D eigenvalue weighted by molar-refractivity contribution is -0.145. The van der Waals surface area contributed by atoms with Gasteiger partial charge >= 0.3 is 0 Å². The predicted molar refractivity (Wildman–Crippen MR) is 86.6 cm³/mol. The first-order valence-electron chi connectivity index (χ1n) is 7.48. The van der Waals surface area contributed by atoms with E-state index < -0.39 is 5.41 Å². The molecule has 2 fully saturated rings. The van der Waals surface area contributed by atoms with Gasteiger partial charge in [0.2, 0.25) is 11.8 Å². The second-order valence-corrected chi connectivity index (χ2v) is 6.76. The number of benzene rings is 1. The summed E-state index contributed by atoms with van der Waals surface area (Å²) in [6.07, 6.45) is 1.25. The molecule has 5 nitrogen and oxygen atoms in total. The molecule has 118 valence electrons. The number of nitrogens with zero attached hydrogens (tertiary/aromatic N) is 1. The fourth-order valence-corrected chi connectivity index (χ4v) is 3.03. The lowest BCUT2D eigenvalue weighted by atomic mass is 10.0. The standard InChI is InChI=1S/C16H19BrN2O3/c1-11-2-3-12(10-13(11)17)18-14(20)16(4-5-16)15(21)19-6-8-22-9-7-19/h2-3,10H,4-9H2,1H3,(H,18,20). The largest absolute Gasteiger partial charge is 0.378 e. The highest BCUT2D eigenvalue weighted by molar-refractivity contribution is 9.10. The number of carbonyl (C=O) groups is 2. The van der Waals surface area contributed by atoms with Gasteiger partial charge in [0.25, 0.3) is 0 Å². The molecule has 1 saturated heterocycles. The van der Waals surface area contributed by atoms with E-state index in [4.69, 9.17) is 4.74 Å². The third-order valence-electron chi connectivity index (χ3n) is 4.32. The summed E-state index contributed by atoms with van der Waals surface area (Å²) in [5, 5.41) is 2.89. The SMILES string of the molecule is Cc1ccc(NC(=O)C2(C(=O)N3CCOCC3)CC2)cc1Br. The maximum absolute atomic E-state index is 12.6. The molecule has 1 aromatic rings. The second-order valence-electron chi connectivity index (χ2n) is 5.90. The number of halogens is 1. The van der Waals surface area contributed by atoms with Gasteiger partial charge in [0.15, 0.2) is 0 Å². The van der Waals surface area contributed by atoms with Crippen LogP contribution in [0.3, 0.4) is 0 Å². The molecule has 0 aromatic heterocycles. The quantitative estimate of drug-likeness (QED) is 0.835. The van der Waals surface area contributed by atoms with Gasteiger partial charge in [-0.15, -0.1) is 0 Å². The number of hydrogen-bond donors (Lipinski definition) is 1. The van der Waals surface area contributed by atoms with Crippen LogP contribution >= 0.6 is 15.9 Å². The summed E-state index contributed by atoms with van der Waals surface area (Å²) >= 11 is 3.45. The molecule has 0 unspecified atom stereocenters. The molecule has 0 spiro atoms. The van der Waals surface area contributed by atoms with Gasteiger partial charge in [0.05, 0.1) is 13.2 Å². The number of anilines is 1. The van der Waals surface area contributed by atoms with Gasteiger partial charge in [0.1, 0.15) is 5.41 Å². The van der Waals surface area contributed by atoms with Gasteiger partial charge in [-0.1, -0.05) is 22.0 Å². The Morgan fingerprint density at radius 3 is 2.55 bits per heavy atom. The van der Waals surface area contributed by atoms with Crippen molar-refractivity contribution in [2.24, 2.45) is 5.41 Å². The number of rotatable bonds is 3. The van der Waals surface area contributed by atoms with Crippen molar-refractivity contribution in [1.29, 1.82) is 0 Å². The molecule has 1 aliphatic heterocycles. The molecule has 0 bridgehead atoms. The molecule has 0 atom stereocenters. The van der Waals surface area contributed by atoms with Crippen LogP contribution in [0.5, 0.6) is 0 Å². The molecular formula is C16H19BrN2O3. The maximum Gasteiger partial charge on any atom is 0.240 e. The van der Waals surface area contributed by atoms with Crippen molar-refractivity contribution in [2.45, 2.75) is 19.8 Å². The summed E-state index contributed by atoms with van der Waals surface area (Å²) in [4.78, 5) is 27.0. The van der Waals surface area contributed by atoms with E-state index in [1.165, 1.54) is 0 Å². The van der Waals surface area contributed by atoms with E-state index in [1.54, 1.807) is 4.90 Å². The predicted octanol–water partition coefficient (Wildman–Crippen LogP) is 2.34. The summed E-state index contributed by atoms with van der Waals surface area (Å²) in [5.41, 5.74) is 0.946. The average Bonchev–Trinajstić information content (AvgIpc) is 3.33. The summed E-state index contributed by atoms with van der Waals surface area (Å²) in [5.74, 6) is -0.251. The number of morpholine rings is 1. The van der Waals surface area contributed by atoms with E-state index >= 15 is 0 Å². The van der Waals surface area contributed by atoms with Crippen LogP contribution in [0, 0.1) is 12.3 Å². The maximum atomic E-state index is 12.6. The third kappa shape index (κ3) is 2.90. The second kappa shape index (κ2) is 6.01. The van der Waals surface area contributed by atoms with Crippen LogP contribution < -0.4 is 5.32 Å². The first-order valence-corrected chi connectivity index (χ1v) is 8.27. The minimum Gasteiger partial charge on any atom is -0.378 e. The number of hydrogen-bond acceptors (Lipinski definition) is 3. The first kappa shape index (κ1) is 15.5. The van der Waals surface area contributed by atoms with E-state index in [2.05, 4.69) is 21.2 Å². The Hall–Kier alpha value is -1.40. The number of aryl methyl sites for hydroxylation is 1. The van der Waals surface area contributed by atoms with E-state index in [0.29, 0.717) is 44.8 Å². The summed E-state index contributed by atoms with van der Waals surface area (Å²) < 4.78 is 6.20. The highest BCUT2D eigenvalue weighted by Gasteiger charge is 2.58. The fraction of sp³-hybridized carbons (Fsp3) is 0.500. The van der Waals surface area contributed by atoms with Crippen LogP contribution in [0.2, 0.25) is 0 Å². The van der Waals surface area contributed by atoms with Crippen molar-refractivity contribution in [3.05, 3.63) is 28.2 Å². The topological polar surface area (TPSA) is 58.6 Å². The first-order chi connectivity index (χ1) is 10.5. The van der Waals surface area contributed by atoms with Gasteiger partial charge in [-0.25, -0.2) is 0 Å². The van der Waals surface area contributed by atoms with Crippen LogP contribution in [-0.2, 0) is 14.3 Å². The third-order valence-corrected chi connectivity index (χ3v) is 5.18. The molecule has 1 heterocycles. The monoisotopic (exact) mass is 366 g/mol. The molecule has 1 saturated carbocycles. The van der Waals surface area contributed by atoms with Crippen molar-refractivity contribution in [3.63, 3.8) is 0 Å². The molecule has 0 radical (unpaired) electrons. The molecule has 1 aliphatic carbocycles. The van der Waals surface area contributed by atoms with Gasteiger partial charge in [0, 0.05) is 23.2 Å². The van der Waals surface area contributed by atoms with Crippen LogP contribution in [0.4, 0.5) is 5.69 Å². The van der Waals surface area contributed by atoms with E-state index in [-0.39, 0.29) is 11.8 Å². The zero-order valence-electron chi connectivity index (χ0n) is 12.5. The Morgan fingerprint density at radius 1 is 1.27 bits per heavy atom. The normalized spacial score (nSPS) is 19.6. The molecule has 6 heteroatoms. The molecule has 3 rings (SSSR count). The number of carbonyl (C=O) groups excluding carboxylic acids is 2. The van der Waals surface area contributed by atoms with Crippen molar-refractivity contribution < 1.29 is 14.3 Å². The Bertz CT molecular complexity index is 607. The smallest absolute Gasteiger partial charge is 0.240 e. The van der Waals surface area contributed by atoms with E-state index in [9.17, 15) is 9.59 Å².